The van der Waals surface area contributed by atoms with Crippen molar-refractivity contribution in [1.29, 1.82) is 0 Å². The van der Waals surface area contributed by atoms with Gasteiger partial charge in [-0.15, -0.1) is 0 Å². The molecule has 0 aromatic heterocycles. The first kappa shape index (κ1) is 23.6. The molecule has 0 aliphatic heterocycles. The third-order valence-electron chi connectivity index (χ3n) is 3.81. The van der Waals surface area contributed by atoms with E-state index in [9.17, 15) is 19.2 Å². The molecule has 12 nitrogen and oxygen atoms in total. The Morgan fingerprint density at radius 2 is 0.920 bits per heavy atom. The molecule has 13 heteroatoms. The van der Waals surface area contributed by atoms with Crippen molar-refractivity contribution in [2.24, 2.45) is 11.5 Å². The van der Waals surface area contributed by atoms with Gasteiger partial charge in [0, 0.05) is 0 Å². The maximum atomic E-state index is 11.9. The molecule has 0 saturated carbocycles. The molecule has 25 heavy (non-hydrogen) atoms. The second-order valence-electron chi connectivity index (χ2n) is 6.16. The molecule has 0 heterocycles. The predicted molar refractivity (Wildman–Crippen MR) is 81.2 cm³/mol. The van der Waals surface area contributed by atoms with Crippen molar-refractivity contribution in [2.75, 3.05) is 26.2 Å². The molecular weight excluding hydrogens is 441 g/mol. The quantitative estimate of drug-likeness (QED) is 0.261. The maximum absolute atomic E-state index is 11.9. The van der Waals surface area contributed by atoms with Crippen LogP contribution in [0.15, 0.2) is 0 Å². The molecule has 0 unspecified atom stereocenters. The van der Waals surface area contributed by atoms with Gasteiger partial charge >= 0.3 is 146 Å². The zero-order chi connectivity index (χ0) is 19.8. The van der Waals surface area contributed by atoms with E-state index in [1.807, 2.05) is 0 Å². The molecule has 0 aliphatic carbocycles. The molecule has 6 N–H and O–H groups in total. The van der Waals surface area contributed by atoms with Crippen LogP contribution in [0.4, 0.5) is 0 Å². The van der Waals surface area contributed by atoms with Crippen LogP contribution in [0.1, 0.15) is 27.7 Å². The van der Waals surface area contributed by atoms with Crippen LogP contribution in [0.25, 0.3) is 0 Å². The second kappa shape index (κ2) is 8.35. The number of nitrogens with one attached hydrogen (secondary N) is 2. The van der Waals surface area contributed by atoms with Crippen LogP contribution in [0, 0.1) is 0 Å². The van der Waals surface area contributed by atoms with Crippen molar-refractivity contribution < 1.29 is 50.4 Å². The average molecular weight is 467 g/mol. The van der Waals surface area contributed by atoms with Gasteiger partial charge in [-0.25, -0.2) is 0 Å². The molecule has 144 valence electrons. The van der Waals surface area contributed by atoms with Gasteiger partial charge in [-0.05, 0) is 0 Å². The summed E-state index contributed by atoms with van der Waals surface area (Å²) in [6, 6.07) is 0. The van der Waals surface area contributed by atoms with E-state index in [4.69, 9.17) is 22.2 Å². The zero-order valence-electron chi connectivity index (χ0n) is 15.0. The third-order valence-corrected chi connectivity index (χ3v) is 23.9. The minimum atomic E-state index is -7.73. The van der Waals surface area contributed by atoms with Gasteiger partial charge in [-0.1, -0.05) is 0 Å². The van der Waals surface area contributed by atoms with Gasteiger partial charge in [0.05, 0.1) is 0 Å². The van der Waals surface area contributed by atoms with E-state index in [0.717, 1.165) is 27.7 Å². The summed E-state index contributed by atoms with van der Waals surface area (Å²) in [5.41, 5.74) is 10.9. The molecule has 0 aromatic rings. The molecule has 0 saturated heterocycles. The van der Waals surface area contributed by atoms with Crippen molar-refractivity contribution in [3.63, 3.8) is 0 Å². The normalized spacial score (nSPS) is 12.4. The van der Waals surface area contributed by atoms with E-state index in [1.54, 1.807) is 0 Å². The zero-order valence-corrected chi connectivity index (χ0v) is 19.0. The summed E-state index contributed by atoms with van der Waals surface area (Å²) in [5, 5.41) is 0. The van der Waals surface area contributed by atoms with Crippen LogP contribution >= 0.6 is 0 Å². The average Bonchev–Trinajstić information content (AvgIpc) is 2.40. The Kier molecular flexibility index (Phi) is 7.89. The van der Waals surface area contributed by atoms with Gasteiger partial charge in [0.15, 0.2) is 0 Å². The number of hydrogen-bond acceptors (Lipinski definition) is 12. The van der Waals surface area contributed by atoms with Gasteiger partial charge in [-0.3, -0.25) is 0 Å². The van der Waals surface area contributed by atoms with Crippen LogP contribution in [0.5, 0.6) is 0 Å². The SMILES string of the molecule is CC(=O)[O][Cd]([NH]CCN)([NH]CCN)([O]C(C)=O)([O]C(C)=O)[O]C(C)=O. The molecule has 0 amide bonds. The van der Waals surface area contributed by atoms with E-state index in [0.29, 0.717) is 0 Å². The monoisotopic (exact) mass is 468 g/mol. The van der Waals surface area contributed by atoms with Crippen molar-refractivity contribution in [3.05, 3.63) is 0 Å². The summed E-state index contributed by atoms with van der Waals surface area (Å²) in [6.45, 7) is 3.33. The predicted octanol–water partition coefficient (Wildman–Crippen LogP) is -1.95. The van der Waals surface area contributed by atoms with Crippen LogP contribution in [0.3, 0.4) is 0 Å². The van der Waals surface area contributed by atoms with E-state index in [-0.39, 0.29) is 26.2 Å². The first-order valence-corrected chi connectivity index (χ1v) is 18.6. The fourth-order valence-corrected chi connectivity index (χ4v) is 23.1. The summed E-state index contributed by atoms with van der Waals surface area (Å²) < 4.78 is 26.1. The molecule has 0 fully saturated rings. The van der Waals surface area contributed by atoms with Gasteiger partial charge in [0.25, 0.3) is 0 Å². The fourth-order valence-electron chi connectivity index (χ4n) is 3.44. The summed E-state index contributed by atoms with van der Waals surface area (Å²) in [4.78, 5) is 47.4. The fraction of sp³-hybridized carbons (Fsp3) is 0.667. The van der Waals surface area contributed by atoms with Gasteiger partial charge in [-0.2, -0.15) is 0 Å². The molecule has 0 spiro atoms. The molecular formula is C12H26CdN4O8. The first-order chi connectivity index (χ1) is 11.4. The van der Waals surface area contributed by atoms with Crippen LogP contribution in [0.2, 0.25) is 0 Å². The summed E-state index contributed by atoms with van der Waals surface area (Å²) in [5.74, 6) is -4.16. The van der Waals surface area contributed by atoms with E-state index in [1.165, 1.54) is 0 Å². The summed E-state index contributed by atoms with van der Waals surface area (Å²) in [7, 11) is 0. The van der Waals surface area contributed by atoms with E-state index in [2.05, 4.69) is 6.25 Å². The Balaban J connectivity index is 6.96. The number of rotatable bonds is 10. The van der Waals surface area contributed by atoms with Crippen molar-refractivity contribution in [1.82, 2.24) is 6.25 Å². The Bertz CT molecular complexity index is 474. The number of nitrogens with two attached hydrogens (primary N) is 2. The summed E-state index contributed by atoms with van der Waals surface area (Å²) >= 11 is -7.73. The van der Waals surface area contributed by atoms with Gasteiger partial charge in [0.2, 0.25) is 0 Å². The molecule has 0 aromatic carbocycles. The van der Waals surface area contributed by atoms with Crippen LogP contribution in [-0.2, 0) is 50.4 Å². The first-order valence-electron chi connectivity index (χ1n) is 8.02. The summed E-state index contributed by atoms with van der Waals surface area (Å²) in [6.07, 6.45) is 0. The topological polar surface area (TPSA) is 181 Å². The Morgan fingerprint density at radius 1 is 0.680 bits per heavy atom. The number of carbonyl (C=O) groups is 4. The van der Waals surface area contributed by atoms with Crippen LogP contribution < -0.4 is 17.7 Å². The van der Waals surface area contributed by atoms with E-state index >= 15 is 0 Å². The Labute approximate surface area is 146 Å². The third kappa shape index (κ3) is 5.84. The van der Waals surface area contributed by atoms with Crippen LogP contribution in [-0.4, -0.2) is 50.1 Å². The molecule has 0 bridgehead atoms. The molecule has 0 aliphatic rings. The molecule has 0 rings (SSSR count). The van der Waals surface area contributed by atoms with Gasteiger partial charge in [0.1, 0.15) is 0 Å². The van der Waals surface area contributed by atoms with Crippen molar-refractivity contribution in [3.8, 4) is 0 Å². The van der Waals surface area contributed by atoms with E-state index < -0.39 is 44.4 Å². The minimum absolute atomic E-state index is 0.0635. The Hall–Kier alpha value is -1.36. The molecule has 0 atom stereocenters. The number of carbonyl (C=O) groups excluding carboxylic acids is 4. The second-order valence-corrected chi connectivity index (χ2v) is 23.9. The van der Waals surface area contributed by atoms with Gasteiger partial charge < -0.3 is 0 Å². The standard InChI is InChI=1S/2C2H7N2.4C2H4O2.Cd/c2*3-1-2-4;4*1-2(3)4;/h2*3H,1-2,4H2;4*1H3,(H,3,4);/q2*-1;;;;;+6/p-4. The molecule has 0 radical (unpaired) electrons. The number of hydrogen-bond donors (Lipinski definition) is 4. The Morgan fingerprint density at radius 3 is 1.08 bits per heavy atom. The van der Waals surface area contributed by atoms with Crippen molar-refractivity contribution >= 4 is 23.9 Å². The van der Waals surface area contributed by atoms with Crippen molar-refractivity contribution in [2.45, 2.75) is 27.7 Å².